The molecule has 0 atom stereocenters. The number of rotatable bonds is 9. The van der Waals surface area contributed by atoms with E-state index in [-0.39, 0.29) is 37.1 Å². The Bertz CT molecular complexity index is 316. The van der Waals surface area contributed by atoms with Gasteiger partial charge in [0.25, 0.3) is 0 Å². The summed E-state index contributed by atoms with van der Waals surface area (Å²) in [6.07, 6.45) is 1.00. The standard InChI is InChI=1S/C13H24N2O4/c1-4-7-14-11(16)5-6-12(17)15(8-10(2)3)9-13(18)19/h10H,4-9H2,1-3H3,(H,14,16)(H,18,19). The first-order valence-corrected chi connectivity index (χ1v) is 6.63. The van der Waals surface area contributed by atoms with E-state index in [1.165, 1.54) is 4.90 Å². The van der Waals surface area contributed by atoms with Gasteiger partial charge < -0.3 is 15.3 Å². The van der Waals surface area contributed by atoms with Crippen molar-refractivity contribution in [1.29, 1.82) is 0 Å². The van der Waals surface area contributed by atoms with Crippen LogP contribution in [-0.4, -0.2) is 47.4 Å². The first-order valence-electron chi connectivity index (χ1n) is 6.63. The van der Waals surface area contributed by atoms with Crippen molar-refractivity contribution in [1.82, 2.24) is 10.2 Å². The fourth-order valence-electron chi connectivity index (χ4n) is 1.59. The summed E-state index contributed by atoms with van der Waals surface area (Å²) < 4.78 is 0. The summed E-state index contributed by atoms with van der Waals surface area (Å²) in [6, 6.07) is 0. The number of hydrogen-bond acceptors (Lipinski definition) is 3. The van der Waals surface area contributed by atoms with Gasteiger partial charge in [0.2, 0.25) is 11.8 Å². The minimum Gasteiger partial charge on any atom is -0.480 e. The quantitative estimate of drug-likeness (QED) is 0.652. The Morgan fingerprint density at radius 3 is 2.32 bits per heavy atom. The summed E-state index contributed by atoms with van der Waals surface area (Å²) in [5, 5.41) is 11.4. The van der Waals surface area contributed by atoms with E-state index in [1.807, 2.05) is 20.8 Å². The molecule has 2 N–H and O–H groups in total. The highest BCUT2D eigenvalue weighted by Gasteiger charge is 2.18. The zero-order valence-electron chi connectivity index (χ0n) is 11.9. The third-order valence-corrected chi connectivity index (χ3v) is 2.40. The van der Waals surface area contributed by atoms with Gasteiger partial charge >= 0.3 is 5.97 Å². The molecule has 0 aliphatic heterocycles. The molecule has 0 aliphatic carbocycles. The fourth-order valence-corrected chi connectivity index (χ4v) is 1.59. The molecule has 0 aliphatic rings. The Balaban J connectivity index is 4.23. The van der Waals surface area contributed by atoms with Crippen LogP contribution in [0.2, 0.25) is 0 Å². The number of carbonyl (C=O) groups excluding carboxylic acids is 2. The molecule has 0 spiro atoms. The summed E-state index contributed by atoms with van der Waals surface area (Å²) in [6.45, 7) is 6.45. The molecule has 0 bridgehead atoms. The highest BCUT2D eigenvalue weighted by molar-refractivity contribution is 5.85. The average molecular weight is 272 g/mol. The molecule has 0 heterocycles. The third kappa shape index (κ3) is 9.04. The molecule has 110 valence electrons. The molecule has 0 saturated heterocycles. The summed E-state index contributed by atoms with van der Waals surface area (Å²) in [4.78, 5) is 35.2. The van der Waals surface area contributed by atoms with E-state index in [4.69, 9.17) is 5.11 Å². The van der Waals surface area contributed by atoms with E-state index in [1.54, 1.807) is 0 Å². The lowest BCUT2D eigenvalue weighted by Gasteiger charge is -2.22. The SMILES string of the molecule is CCCNC(=O)CCC(=O)N(CC(=O)O)CC(C)C. The van der Waals surface area contributed by atoms with Gasteiger partial charge in [-0.15, -0.1) is 0 Å². The van der Waals surface area contributed by atoms with Crippen LogP contribution in [-0.2, 0) is 14.4 Å². The number of hydrogen-bond donors (Lipinski definition) is 2. The number of aliphatic carboxylic acids is 1. The van der Waals surface area contributed by atoms with Gasteiger partial charge in [-0.3, -0.25) is 14.4 Å². The van der Waals surface area contributed by atoms with E-state index >= 15 is 0 Å². The summed E-state index contributed by atoms with van der Waals surface area (Å²) in [7, 11) is 0. The zero-order valence-corrected chi connectivity index (χ0v) is 11.9. The summed E-state index contributed by atoms with van der Waals surface area (Å²) in [5.74, 6) is -1.31. The van der Waals surface area contributed by atoms with Gasteiger partial charge in [-0.1, -0.05) is 20.8 Å². The molecule has 2 amide bonds. The van der Waals surface area contributed by atoms with Crippen molar-refractivity contribution >= 4 is 17.8 Å². The fraction of sp³-hybridized carbons (Fsp3) is 0.769. The molecule has 0 aromatic rings. The van der Waals surface area contributed by atoms with Gasteiger partial charge in [0, 0.05) is 25.9 Å². The molecule has 0 saturated carbocycles. The Hall–Kier alpha value is -1.59. The number of carbonyl (C=O) groups is 3. The Labute approximate surface area is 114 Å². The molecule has 6 heteroatoms. The van der Waals surface area contributed by atoms with Crippen molar-refractivity contribution < 1.29 is 19.5 Å². The average Bonchev–Trinajstić information content (AvgIpc) is 2.31. The predicted octanol–water partition coefficient (Wildman–Crippen LogP) is 0.862. The number of nitrogens with zero attached hydrogens (tertiary/aromatic N) is 1. The molecule has 0 aromatic heterocycles. The van der Waals surface area contributed by atoms with E-state index in [0.29, 0.717) is 13.1 Å². The number of carboxylic acids is 1. The lowest BCUT2D eigenvalue weighted by Crippen LogP contribution is -2.38. The normalized spacial score (nSPS) is 10.3. The van der Waals surface area contributed by atoms with Gasteiger partial charge in [0.15, 0.2) is 0 Å². The molecular formula is C13H24N2O4. The lowest BCUT2D eigenvalue weighted by atomic mass is 10.2. The second-order valence-corrected chi connectivity index (χ2v) is 4.91. The first-order chi connectivity index (χ1) is 8.86. The van der Waals surface area contributed by atoms with Gasteiger partial charge in [-0.05, 0) is 12.3 Å². The topological polar surface area (TPSA) is 86.7 Å². The summed E-state index contributed by atoms with van der Waals surface area (Å²) in [5.41, 5.74) is 0. The maximum Gasteiger partial charge on any atom is 0.323 e. The monoisotopic (exact) mass is 272 g/mol. The highest BCUT2D eigenvalue weighted by atomic mass is 16.4. The Morgan fingerprint density at radius 2 is 1.84 bits per heavy atom. The van der Waals surface area contributed by atoms with Crippen LogP contribution >= 0.6 is 0 Å². The van der Waals surface area contributed by atoms with Gasteiger partial charge in [0.05, 0.1) is 0 Å². The summed E-state index contributed by atoms with van der Waals surface area (Å²) >= 11 is 0. The lowest BCUT2D eigenvalue weighted by molar-refractivity contribution is -0.145. The van der Waals surface area contributed by atoms with Gasteiger partial charge in [-0.2, -0.15) is 0 Å². The Morgan fingerprint density at radius 1 is 1.21 bits per heavy atom. The van der Waals surface area contributed by atoms with Crippen LogP contribution in [0.15, 0.2) is 0 Å². The number of nitrogens with one attached hydrogen (secondary N) is 1. The molecule has 0 rings (SSSR count). The maximum absolute atomic E-state index is 11.9. The van der Waals surface area contributed by atoms with Crippen LogP contribution < -0.4 is 5.32 Å². The maximum atomic E-state index is 11.9. The van der Waals surface area contributed by atoms with Crippen LogP contribution in [0.3, 0.4) is 0 Å². The van der Waals surface area contributed by atoms with Gasteiger partial charge in [0.1, 0.15) is 6.54 Å². The van der Waals surface area contributed by atoms with E-state index in [0.717, 1.165) is 6.42 Å². The van der Waals surface area contributed by atoms with Crippen LogP contribution in [0.5, 0.6) is 0 Å². The van der Waals surface area contributed by atoms with Crippen LogP contribution in [0.25, 0.3) is 0 Å². The minimum atomic E-state index is -1.04. The third-order valence-electron chi connectivity index (χ3n) is 2.40. The minimum absolute atomic E-state index is 0.0511. The molecule has 6 nitrogen and oxygen atoms in total. The molecular weight excluding hydrogens is 248 g/mol. The van der Waals surface area contributed by atoms with Gasteiger partial charge in [-0.25, -0.2) is 0 Å². The van der Waals surface area contributed by atoms with Crippen molar-refractivity contribution in [2.75, 3.05) is 19.6 Å². The molecule has 19 heavy (non-hydrogen) atoms. The number of amides is 2. The largest absolute Gasteiger partial charge is 0.480 e. The molecule has 0 radical (unpaired) electrons. The molecule has 0 fully saturated rings. The second-order valence-electron chi connectivity index (χ2n) is 4.91. The number of carboxylic acid groups (broad SMARTS) is 1. The van der Waals surface area contributed by atoms with Crippen molar-refractivity contribution in [2.24, 2.45) is 5.92 Å². The van der Waals surface area contributed by atoms with E-state index < -0.39 is 5.97 Å². The smallest absolute Gasteiger partial charge is 0.323 e. The molecule has 0 aromatic carbocycles. The van der Waals surface area contributed by atoms with Crippen LogP contribution in [0, 0.1) is 5.92 Å². The van der Waals surface area contributed by atoms with Crippen molar-refractivity contribution in [3.8, 4) is 0 Å². The first kappa shape index (κ1) is 17.4. The van der Waals surface area contributed by atoms with Crippen molar-refractivity contribution in [2.45, 2.75) is 40.0 Å². The van der Waals surface area contributed by atoms with Crippen LogP contribution in [0.1, 0.15) is 40.0 Å². The Kier molecular flexibility index (Phi) is 8.57. The molecule has 0 unspecified atom stereocenters. The van der Waals surface area contributed by atoms with E-state index in [2.05, 4.69) is 5.32 Å². The van der Waals surface area contributed by atoms with E-state index in [9.17, 15) is 14.4 Å². The predicted molar refractivity (Wildman–Crippen MR) is 71.6 cm³/mol. The zero-order chi connectivity index (χ0) is 14.8. The van der Waals surface area contributed by atoms with Crippen molar-refractivity contribution in [3.05, 3.63) is 0 Å². The highest BCUT2D eigenvalue weighted by Crippen LogP contribution is 2.03. The van der Waals surface area contributed by atoms with Crippen molar-refractivity contribution in [3.63, 3.8) is 0 Å². The van der Waals surface area contributed by atoms with Crippen LogP contribution in [0.4, 0.5) is 0 Å². The second kappa shape index (κ2) is 9.35.